The van der Waals surface area contributed by atoms with E-state index >= 15 is 0 Å². The molecule has 2 amide bonds. The summed E-state index contributed by atoms with van der Waals surface area (Å²) in [5.74, 6) is 2.12. The zero-order valence-corrected chi connectivity index (χ0v) is 23.0. The van der Waals surface area contributed by atoms with Gasteiger partial charge in [0.15, 0.2) is 0 Å². The molecule has 0 bridgehead atoms. The molecule has 4 heterocycles. The molecule has 3 aliphatic rings. The second kappa shape index (κ2) is 11.7. The van der Waals surface area contributed by atoms with Crippen LogP contribution in [0.2, 0.25) is 0 Å². The molecule has 0 unspecified atom stereocenters. The molecule has 5 rings (SSSR count). The Bertz CT molecular complexity index is 1120. The van der Waals surface area contributed by atoms with E-state index in [1.165, 1.54) is 18.4 Å². The van der Waals surface area contributed by atoms with Gasteiger partial charge in [0.05, 0.1) is 12.0 Å². The largest absolute Gasteiger partial charge is 0.491 e. The van der Waals surface area contributed by atoms with Gasteiger partial charge in [-0.3, -0.25) is 9.59 Å². The molecule has 3 aliphatic heterocycles. The summed E-state index contributed by atoms with van der Waals surface area (Å²) >= 11 is 0. The molecule has 7 heteroatoms. The summed E-state index contributed by atoms with van der Waals surface area (Å²) in [4.78, 5) is 38.3. The van der Waals surface area contributed by atoms with Gasteiger partial charge in [-0.1, -0.05) is 24.6 Å². The lowest BCUT2D eigenvalue weighted by atomic mass is 9.72. The average molecular weight is 519 g/mol. The molecular formula is C31H42N4O3. The van der Waals surface area contributed by atoms with Gasteiger partial charge in [-0.25, -0.2) is 4.98 Å². The molecule has 0 aliphatic carbocycles. The Morgan fingerprint density at radius 3 is 2.47 bits per heavy atom. The quantitative estimate of drug-likeness (QED) is 0.576. The Hall–Kier alpha value is -3.09. The lowest BCUT2D eigenvalue weighted by Gasteiger charge is -2.44. The van der Waals surface area contributed by atoms with Gasteiger partial charge in [0.1, 0.15) is 18.2 Å². The van der Waals surface area contributed by atoms with Gasteiger partial charge in [0, 0.05) is 44.0 Å². The van der Waals surface area contributed by atoms with Crippen LogP contribution >= 0.6 is 0 Å². The maximum absolute atomic E-state index is 14.1. The normalized spacial score (nSPS) is 20.6. The van der Waals surface area contributed by atoms with E-state index in [1.807, 2.05) is 34.1 Å². The summed E-state index contributed by atoms with van der Waals surface area (Å²) in [6.07, 6.45) is 9.37. The first kappa shape index (κ1) is 26.5. The predicted molar refractivity (Wildman–Crippen MR) is 150 cm³/mol. The number of anilines is 1. The number of ether oxygens (including phenoxy) is 1. The first-order valence-electron chi connectivity index (χ1n) is 14.5. The molecular weight excluding hydrogens is 476 g/mol. The standard InChI is InChI=1S/C31H42N4O3/c1-24(2)35-21-22-38-27-11-4-3-9-25(27)10-5-6-13-31(30(35)37)14-19-34(20-15-31)29(36)26-12-16-32-28(23-26)33-17-7-8-18-33/h3-4,9,11-12,16,23-24H,5-8,10,13-15,17-22H2,1-2H3. The number of pyridine rings is 1. The highest BCUT2D eigenvalue weighted by Gasteiger charge is 2.44. The molecule has 204 valence electrons. The zero-order valence-electron chi connectivity index (χ0n) is 23.0. The molecule has 0 N–H and O–H groups in total. The summed E-state index contributed by atoms with van der Waals surface area (Å²) in [7, 11) is 0. The lowest BCUT2D eigenvalue weighted by molar-refractivity contribution is -0.148. The van der Waals surface area contributed by atoms with Crippen molar-refractivity contribution in [1.82, 2.24) is 14.8 Å². The fourth-order valence-electron chi connectivity index (χ4n) is 6.34. The van der Waals surface area contributed by atoms with Crippen molar-refractivity contribution in [1.29, 1.82) is 0 Å². The van der Waals surface area contributed by atoms with E-state index in [9.17, 15) is 9.59 Å². The highest BCUT2D eigenvalue weighted by Crippen LogP contribution is 2.40. The number of fused-ring (bicyclic) bond motifs is 1. The van der Waals surface area contributed by atoms with Crippen LogP contribution in [-0.4, -0.2) is 72.0 Å². The van der Waals surface area contributed by atoms with Crippen molar-refractivity contribution in [3.05, 3.63) is 53.7 Å². The van der Waals surface area contributed by atoms with E-state index in [2.05, 4.69) is 35.9 Å². The monoisotopic (exact) mass is 518 g/mol. The van der Waals surface area contributed by atoms with Crippen LogP contribution in [0, 0.1) is 5.41 Å². The number of likely N-dealkylation sites (tertiary alicyclic amines) is 1. The molecule has 1 aromatic heterocycles. The Kier molecular flexibility index (Phi) is 8.20. The summed E-state index contributed by atoms with van der Waals surface area (Å²) < 4.78 is 6.15. The van der Waals surface area contributed by atoms with E-state index in [4.69, 9.17) is 4.74 Å². The average Bonchev–Trinajstić information content (AvgIpc) is 3.48. The number of piperidine rings is 1. The molecule has 2 aromatic rings. The number of hydrogen-bond donors (Lipinski definition) is 0. The number of amides is 2. The minimum atomic E-state index is -0.418. The highest BCUT2D eigenvalue weighted by atomic mass is 16.5. The van der Waals surface area contributed by atoms with Gasteiger partial charge in [-0.2, -0.15) is 0 Å². The van der Waals surface area contributed by atoms with Crippen LogP contribution in [0.4, 0.5) is 5.82 Å². The van der Waals surface area contributed by atoms with Gasteiger partial charge in [0.25, 0.3) is 5.91 Å². The van der Waals surface area contributed by atoms with Crippen molar-refractivity contribution < 1.29 is 14.3 Å². The van der Waals surface area contributed by atoms with Crippen LogP contribution in [0.3, 0.4) is 0 Å². The minimum absolute atomic E-state index is 0.0500. The van der Waals surface area contributed by atoms with Crippen molar-refractivity contribution >= 4 is 17.6 Å². The van der Waals surface area contributed by atoms with Gasteiger partial charge in [0.2, 0.25) is 5.91 Å². The molecule has 0 radical (unpaired) electrons. The maximum Gasteiger partial charge on any atom is 0.254 e. The Morgan fingerprint density at radius 1 is 0.947 bits per heavy atom. The van der Waals surface area contributed by atoms with Crippen LogP contribution in [0.1, 0.15) is 74.7 Å². The number of nitrogens with zero attached hydrogens (tertiary/aromatic N) is 4. The third-order valence-corrected chi connectivity index (χ3v) is 8.68. The van der Waals surface area contributed by atoms with Crippen molar-refractivity contribution in [2.75, 3.05) is 44.2 Å². The SMILES string of the molecule is CC(C)N1CCOc2ccccc2CCCCC2(CCN(C(=O)c3ccnc(N4CCCC4)c3)CC2)C1=O. The van der Waals surface area contributed by atoms with E-state index in [1.54, 1.807) is 6.20 Å². The van der Waals surface area contributed by atoms with Crippen LogP contribution in [0.5, 0.6) is 5.75 Å². The molecule has 1 aromatic carbocycles. The molecule has 0 saturated carbocycles. The smallest absolute Gasteiger partial charge is 0.254 e. The van der Waals surface area contributed by atoms with Crippen molar-refractivity contribution in [2.45, 2.75) is 71.3 Å². The first-order chi connectivity index (χ1) is 18.5. The van der Waals surface area contributed by atoms with E-state index in [-0.39, 0.29) is 17.9 Å². The van der Waals surface area contributed by atoms with Gasteiger partial charge < -0.3 is 19.4 Å². The number of hydrogen-bond acceptors (Lipinski definition) is 5. The second-order valence-corrected chi connectivity index (χ2v) is 11.4. The van der Waals surface area contributed by atoms with Gasteiger partial charge >= 0.3 is 0 Å². The molecule has 2 saturated heterocycles. The third-order valence-electron chi connectivity index (χ3n) is 8.68. The number of aromatic nitrogens is 1. The van der Waals surface area contributed by atoms with Crippen molar-refractivity contribution in [3.8, 4) is 5.75 Å². The molecule has 7 nitrogen and oxygen atoms in total. The first-order valence-corrected chi connectivity index (χ1v) is 14.5. The van der Waals surface area contributed by atoms with Gasteiger partial charge in [-0.05, 0) is 82.6 Å². The van der Waals surface area contributed by atoms with Crippen LogP contribution < -0.4 is 9.64 Å². The minimum Gasteiger partial charge on any atom is -0.491 e. The zero-order chi connectivity index (χ0) is 26.5. The Morgan fingerprint density at radius 2 is 1.71 bits per heavy atom. The Labute approximate surface area is 227 Å². The maximum atomic E-state index is 14.1. The van der Waals surface area contributed by atoms with Crippen LogP contribution in [0.15, 0.2) is 42.6 Å². The van der Waals surface area contributed by atoms with E-state index in [0.717, 1.165) is 50.3 Å². The lowest BCUT2D eigenvalue weighted by Crippen LogP contribution is -2.53. The van der Waals surface area contributed by atoms with E-state index in [0.29, 0.717) is 44.6 Å². The summed E-state index contributed by atoms with van der Waals surface area (Å²) in [6, 6.07) is 12.1. The number of benzene rings is 1. The Balaban J connectivity index is 1.30. The fraction of sp³-hybridized carbons (Fsp3) is 0.581. The molecule has 1 spiro atoms. The number of aryl methyl sites for hydroxylation is 1. The topological polar surface area (TPSA) is 66.0 Å². The van der Waals surface area contributed by atoms with E-state index < -0.39 is 5.41 Å². The number of rotatable bonds is 3. The molecule has 2 fully saturated rings. The van der Waals surface area contributed by atoms with Gasteiger partial charge in [-0.15, -0.1) is 0 Å². The number of para-hydroxylation sites is 1. The van der Waals surface area contributed by atoms with Crippen molar-refractivity contribution in [2.24, 2.45) is 5.41 Å². The molecule has 0 atom stereocenters. The number of carbonyl (C=O) groups is 2. The summed E-state index contributed by atoms with van der Waals surface area (Å²) in [5, 5.41) is 0. The number of carbonyl (C=O) groups excluding carboxylic acids is 2. The highest BCUT2D eigenvalue weighted by molar-refractivity contribution is 5.95. The third kappa shape index (κ3) is 5.67. The van der Waals surface area contributed by atoms with Crippen LogP contribution in [-0.2, 0) is 11.2 Å². The van der Waals surface area contributed by atoms with Crippen molar-refractivity contribution in [3.63, 3.8) is 0 Å². The molecule has 38 heavy (non-hydrogen) atoms. The van der Waals surface area contributed by atoms with Crippen LogP contribution in [0.25, 0.3) is 0 Å². The summed E-state index contributed by atoms with van der Waals surface area (Å²) in [5.41, 5.74) is 1.52. The fourth-order valence-corrected chi connectivity index (χ4v) is 6.34. The summed E-state index contributed by atoms with van der Waals surface area (Å²) in [6.45, 7) is 8.46. The predicted octanol–water partition coefficient (Wildman–Crippen LogP) is 4.95. The second-order valence-electron chi connectivity index (χ2n) is 11.4.